The highest BCUT2D eigenvalue weighted by atomic mass is 16.6. The first-order chi connectivity index (χ1) is 18.7. The molecule has 16 nitrogen and oxygen atoms in total. The Bertz CT molecular complexity index is 1590. The van der Waals surface area contributed by atoms with E-state index >= 15 is 0 Å². The second-order valence-electron chi connectivity index (χ2n) is 7.89. The van der Waals surface area contributed by atoms with E-state index in [0.29, 0.717) is 11.1 Å². The molecule has 1 amide bonds. The molecular formula is C23H21N9O7. The van der Waals surface area contributed by atoms with E-state index in [2.05, 4.69) is 35.8 Å². The number of nitrogens with zero attached hydrogens (tertiary/aromatic N) is 7. The Kier molecular flexibility index (Phi) is 7.55. The number of carbonyl (C=O) groups is 2. The fraction of sp³-hybridized carbons (Fsp3) is 0.174. The van der Waals surface area contributed by atoms with Gasteiger partial charge in [-0.25, -0.2) is 14.8 Å². The van der Waals surface area contributed by atoms with Crippen LogP contribution in [0.25, 0.3) is 5.82 Å². The minimum Gasteiger partial charge on any atom is -0.490 e. The number of ether oxygens (including phenoxy) is 2. The summed E-state index contributed by atoms with van der Waals surface area (Å²) >= 11 is 0. The minimum atomic E-state index is -0.717. The minimum absolute atomic E-state index is 0.000100. The number of hydrazone groups is 1. The monoisotopic (exact) mass is 535 g/mol. The van der Waals surface area contributed by atoms with Gasteiger partial charge in [0.2, 0.25) is 11.6 Å². The maximum atomic E-state index is 12.7. The quantitative estimate of drug-likeness (QED) is 0.104. The number of nitro benzene ring substituents is 1. The third-order valence-electron chi connectivity index (χ3n) is 5.23. The van der Waals surface area contributed by atoms with Crippen molar-refractivity contribution in [2.24, 2.45) is 5.10 Å². The van der Waals surface area contributed by atoms with Crippen LogP contribution in [0.2, 0.25) is 0 Å². The Morgan fingerprint density at radius 2 is 2.00 bits per heavy atom. The number of hydrogen-bond acceptors (Lipinski definition) is 13. The molecule has 0 bridgehead atoms. The third-order valence-corrected chi connectivity index (χ3v) is 5.23. The first-order valence-corrected chi connectivity index (χ1v) is 11.3. The van der Waals surface area contributed by atoms with E-state index < -0.39 is 16.8 Å². The van der Waals surface area contributed by atoms with E-state index in [4.69, 9.17) is 15.2 Å². The molecule has 2 aromatic heterocycles. The van der Waals surface area contributed by atoms with E-state index in [1.165, 1.54) is 37.4 Å². The summed E-state index contributed by atoms with van der Waals surface area (Å²) in [5.74, 6) is -1.07. The van der Waals surface area contributed by atoms with E-state index in [-0.39, 0.29) is 52.4 Å². The lowest BCUT2D eigenvalue weighted by Gasteiger charge is -2.11. The van der Waals surface area contributed by atoms with Crippen molar-refractivity contribution in [2.45, 2.75) is 20.8 Å². The average molecular weight is 535 g/mol. The molecule has 0 saturated carbocycles. The Morgan fingerprint density at radius 3 is 2.67 bits per heavy atom. The molecule has 0 spiro atoms. The fourth-order valence-corrected chi connectivity index (χ4v) is 3.43. The summed E-state index contributed by atoms with van der Waals surface area (Å²) < 4.78 is 16.7. The summed E-state index contributed by atoms with van der Waals surface area (Å²) in [5, 5.41) is 29.7. The number of benzene rings is 2. The van der Waals surface area contributed by atoms with Crippen LogP contribution in [-0.2, 0) is 0 Å². The zero-order chi connectivity index (χ0) is 28.1. The molecule has 0 aliphatic heterocycles. The van der Waals surface area contributed by atoms with Gasteiger partial charge in [0.1, 0.15) is 0 Å². The number of anilines is 1. The van der Waals surface area contributed by atoms with Crippen LogP contribution in [-0.4, -0.2) is 54.9 Å². The standard InChI is InChI=1S/C23H21N9O7/c1-4-37-18-10-14(5-8-17(18)38-23(34)15-6-7-16(32(35)36)12(2)9-15)11-25-27-22(33)19-13(3)26-30-31(19)21-20(24)28-39-29-21/h5-11H,4H2,1-3H3,(H2,24,28)(H,27,33)/b25-11+. The number of amides is 1. The molecule has 39 heavy (non-hydrogen) atoms. The van der Waals surface area contributed by atoms with Crippen molar-refractivity contribution in [1.82, 2.24) is 30.7 Å². The highest BCUT2D eigenvalue weighted by molar-refractivity contribution is 5.95. The number of aryl methyl sites for hydroxylation is 2. The van der Waals surface area contributed by atoms with Crippen molar-refractivity contribution in [1.29, 1.82) is 0 Å². The van der Waals surface area contributed by atoms with Crippen molar-refractivity contribution in [3.05, 3.63) is 74.6 Å². The van der Waals surface area contributed by atoms with E-state index in [1.807, 2.05) is 0 Å². The summed E-state index contributed by atoms with van der Waals surface area (Å²) in [7, 11) is 0. The van der Waals surface area contributed by atoms with Gasteiger partial charge in [-0.1, -0.05) is 5.21 Å². The zero-order valence-corrected chi connectivity index (χ0v) is 20.8. The highest BCUT2D eigenvalue weighted by Crippen LogP contribution is 2.29. The summed E-state index contributed by atoms with van der Waals surface area (Å²) in [6.07, 6.45) is 1.35. The molecule has 0 fully saturated rings. The number of nitrogens with two attached hydrogens (primary N) is 1. The summed E-state index contributed by atoms with van der Waals surface area (Å²) in [5.41, 5.74) is 9.23. The van der Waals surface area contributed by atoms with Gasteiger partial charge in [0.25, 0.3) is 11.6 Å². The van der Waals surface area contributed by atoms with Gasteiger partial charge in [-0.05, 0) is 67.0 Å². The lowest BCUT2D eigenvalue weighted by atomic mass is 10.1. The van der Waals surface area contributed by atoms with Crippen LogP contribution in [0.1, 0.15) is 44.6 Å². The van der Waals surface area contributed by atoms with Crippen molar-refractivity contribution >= 4 is 29.6 Å². The van der Waals surface area contributed by atoms with Crippen LogP contribution < -0.4 is 20.6 Å². The summed E-state index contributed by atoms with van der Waals surface area (Å²) in [6, 6.07) is 8.57. The van der Waals surface area contributed by atoms with Crippen molar-refractivity contribution in [2.75, 3.05) is 12.3 Å². The number of nitrogens with one attached hydrogen (secondary N) is 1. The van der Waals surface area contributed by atoms with Gasteiger partial charge in [0.15, 0.2) is 17.2 Å². The van der Waals surface area contributed by atoms with Gasteiger partial charge < -0.3 is 15.2 Å². The van der Waals surface area contributed by atoms with Crippen LogP contribution in [0.4, 0.5) is 11.5 Å². The smallest absolute Gasteiger partial charge is 0.343 e. The Morgan fingerprint density at radius 1 is 1.21 bits per heavy atom. The van der Waals surface area contributed by atoms with E-state index in [0.717, 1.165) is 4.68 Å². The number of esters is 1. The van der Waals surface area contributed by atoms with E-state index in [9.17, 15) is 19.7 Å². The fourth-order valence-electron chi connectivity index (χ4n) is 3.43. The lowest BCUT2D eigenvalue weighted by Crippen LogP contribution is -2.22. The van der Waals surface area contributed by atoms with Gasteiger partial charge in [-0.2, -0.15) is 9.78 Å². The Balaban J connectivity index is 1.48. The predicted octanol–water partition coefficient (Wildman–Crippen LogP) is 2.14. The van der Waals surface area contributed by atoms with Crippen molar-refractivity contribution in [3.8, 4) is 17.3 Å². The SMILES string of the molecule is CCOc1cc(/C=N/NC(=O)c2c(C)nnn2-c2nonc2N)ccc1OC(=O)c1ccc([N+](=O)[O-])c(C)c1. The summed E-state index contributed by atoms with van der Waals surface area (Å²) in [6.45, 7) is 5.12. The van der Waals surface area contributed by atoms with Crippen LogP contribution in [0, 0.1) is 24.0 Å². The van der Waals surface area contributed by atoms with Crippen molar-refractivity contribution in [3.63, 3.8) is 0 Å². The average Bonchev–Trinajstić information content (AvgIpc) is 3.49. The highest BCUT2D eigenvalue weighted by Gasteiger charge is 2.23. The van der Waals surface area contributed by atoms with Crippen LogP contribution >= 0.6 is 0 Å². The third kappa shape index (κ3) is 5.68. The maximum absolute atomic E-state index is 12.7. The Labute approximate surface area is 219 Å². The van der Waals surface area contributed by atoms with Crippen LogP contribution in [0.15, 0.2) is 46.1 Å². The summed E-state index contributed by atoms with van der Waals surface area (Å²) in [4.78, 5) is 35.9. The molecule has 16 heteroatoms. The van der Waals surface area contributed by atoms with Gasteiger partial charge in [0.05, 0.1) is 29.0 Å². The topological polar surface area (TPSA) is 216 Å². The predicted molar refractivity (Wildman–Crippen MR) is 134 cm³/mol. The number of hydrogen-bond donors (Lipinski definition) is 2. The number of nitrogen functional groups attached to an aromatic ring is 1. The lowest BCUT2D eigenvalue weighted by molar-refractivity contribution is -0.385. The molecule has 0 unspecified atom stereocenters. The number of aromatic nitrogens is 5. The number of carbonyl (C=O) groups excluding carboxylic acids is 2. The molecule has 3 N–H and O–H groups in total. The molecule has 4 rings (SSSR count). The first-order valence-electron chi connectivity index (χ1n) is 11.3. The first kappa shape index (κ1) is 26.4. The second-order valence-corrected chi connectivity index (χ2v) is 7.89. The molecule has 0 aliphatic carbocycles. The molecule has 0 radical (unpaired) electrons. The van der Waals surface area contributed by atoms with Gasteiger partial charge in [-0.3, -0.25) is 14.9 Å². The van der Waals surface area contributed by atoms with Gasteiger partial charge in [-0.15, -0.1) is 5.10 Å². The van der Waals surface area contributed by atoms with Crippen LogP contribution in [0.3, 0.4) is 0 Å². The maximum Gasteiger partial charge on any atom is 0.343 e. The molecule has 0 aliphatic rings. The van der Waals surface area contributed by atoms with E-state index in [1.54, 1.807) is 26.0 Å². The molecule has 2 heterocycles. The zero-order valence-electron chi connectivity index (χ0n) is 20.8. The second kappa shape index (κ2) is 11.2. The molecule has 0 saturated heterocycles. The normalized spacial score (nSPS) is 10.9. The Hall–Kier alpha value is -5.67. The largest absolute Gasteiger partial charge is 0.490 e. The molecule has 200 valence electrons. The van der Waals surface area contributed by atoms with Gasteiger partial charge >= 0.3 is 5.97 Å². The van der Waals surface area contributed by atoms with Gasteiger partial charge in [0, 0.05) is 11.6 Å². The molecule has 2 aromatic carbocycles. The van der Waals surface area contributed by atoms with Crippen molar-refractivity contribution < 1.29 is 28.6 Å². The number of nitro groups is 1. The number of rotatable bonds is 9. The van der Waals surface area contributed by atoms with Crippen LogP contribution in [0.5, 0.6) is 11.5 Å². The molecule has 4 aromatic rings. The molecular weight excluding hydrogens is 514 g/mol. The molecule has 0 atom stereocenters.